The summed E-state index contributed by atoms with van der Waals surface area (Å²) in [4.78, 5) is 3.57. The molecule has 0 spiro atoms. The van der Waals surface area contributed by atoms with Crippen molar-refractivity contribution in [3.05, 3.63) is 35.0 Å². The third-order valence-corrected chi connectivity index (χ3v) is 3.55. The smallest absolute Gasteiger partial charge is 0.0488 e. The first kappa shape index (κ1) is 8.98. The molecule has 2 nitrogen and oxygen atoms in total. The molecule has 3 rings (SSSR count). The fraction of sp³-hybridized carbons (Fsp3) is 0.385. The van der Waals surface area contributed by atoms with Crippen LogP contribution in [-0.2, 0) is 12.8 Å². The first-order valence-electron chi connectivity index (χ1n) is 5.56. The number of fused-ring (bicyclic) bond motifs is 3. The van der Waals surface area contributed by atoms with Gasteiger partial charge in [0.05, 0.1) is 0 Å². The number of hydrogen-bond acceptors (Lipinski definition) is 1. The third-order valence-electron chi connectivity index (χ3n) is 3.55. The maximum atomic E-state index is 3.57. The minimum atomic E-state index is 0.621. The number of aromatic amines is 1. The molecule has 2 N–H and O–H groups in total. The van der Waals surface area contributed by atoms with Gasteiger partial charge in [-0.1, -0.05) is 18.2 Å². The molecule has 2 aromatic rings. The lowest BCUT2D eigenvalue weighted by molar-refractivity contribution is 0.591. The Morgan fingerprint density at radius 1 is 1.33 bits per heavy atom. The summed E-state index contributed by atoms with van der Waals surface area (Å²) in [6, 6.07) is 7.17. The fourth-order valence-corrected chi connectivity index (χ4v) is 2.65. The minimum Gasteiger partial charge on any atom is -0.358 e. The molecule has 2 heteroatoms. The average molecular weight is 200 g/mol. The van der Waals surface area contributed by atoms with Crippen molar-refractivity contribution in [3.63, 3.8) is 0 Å². The Balaban J connectivity index is 2.19. The number of likely N-dealkylation sites (N-methyl/N-ethyl adjacent to an activating group) is 1. The van der Waals surface area contributed by atoms with Gasteiger partial charge in [-0.05, 0) is 31.5 Å². The van der Waals surface area contributed by atoms with Crippen LogP contribution in [0.15, 0.2) is 18.2 Å². The van der Waals surface area contributed by atoms with Gasteiger partial charge < -0.3 is 10.3 Å². The molecule has 0 radical (unpaired) electrons. The maximum absolute atomic E-state index is 3.57. The molecule has 1 heterocycles. The SMILES string of the molecule is CNC1Cc2[nH]c3c(C)cccc3c2C1. The van der Waals surface area contributed by atoms with E-state index in [1.54, 1.807) is 0 Å². The molecule has 0 fully saturated rings. The normalized spacial score (nSPS) is 19.7. The van der Waals surface area contributed by atoms with Gasteiger partial charge in [0.15, 0.2) is 0 Å². The van der Waals surface area contributed by atoms with E-state index >= 15 is 0 Å². The van der Waals surface area contributed by atoms with E-state index in [0.29, 0.717) is 6.04 Å². The van der Waals surface area contributed by atoms with E-state index in [2.05, 4.69) is 35.4 Å². The summed E-state index contributed by atoms with van der Waals surface area (Å²) in [5.74, 6) is 0. The largest absolute Gasteiger partial charge is 0.358 e. The quantitative estimate of drug-likeness (QED) is 0.725. The van der Waals surface area contributed by atoms with Gasteiger partial charge in [-0.2, -0.15) is 0 Å². The van der Waals surface area contributed by atoms with Crippen molar-refractivity contribution in [2.45, 2.75) is 25.8 Å². The summed E-state index contributed by atoms with van der Waals surface area (Å²) in [7, 11) is 2.05. The van der Waals surface area contributed by atoms with Crippen LogP contribution in [0, 0.1) is 6.92 Å². The lowest BCUT2D eigenvalue weighted by Crippen LogP contribution is -2.25. The molecule has 1 aliphatic rings. The van der Waals surface area contributed by atoms with Crippen molar-refractivity contribution in [2.75, 3.05) is 7.05 Å². The van der Waals surface area contributed by atoms with Gasteiger partial charge in [0.1, 0.15) is 0 Å². The Morgan fingerprint density at radius 2 is 2.20 bits per heavy atom. The van der Waals surface area contributed by atoms with E-state index in [4.69, 9.17) is 0 Å². The number of aromatic nitrogens is 1. The summed E-state index contributed by atoms with van der Waals surface area (Å²) in [5.41, 5.74) is 5.63. The van der Waals surface area contributed by atoms with Gasteiger partial charge >= 0.3 is 0 Å². The van der Waals surface area contributed by atoms with Gasteiger partial charge in [-0.15, -0.1) is 0 Å². The van der Waals surface area contributed by atoms with Crippen molar-refractivity contribution >= 4 is 10.9 Å². The Hall–Kier alpha value is -1.28. The second-order valence-corrected chi connectivity index (χ2v) is 4.47. The molecular formula is C13H16N2. The van der Waals surface area contributed by atoms with Crippen LogP contribution in [0.4, 0.5) is 0 Å². The second-order valence-electron chi connectivity index (χ2n) is 4.47. The highest BCUT2D eigenvalue weighted by atomic mass is 14.9. The number of rotatable bonds is 1. The molecule has 1 atom stereocenters. The number of para-hydroxylation sites is 1. The maximum Gasteiger partial charge on any atom is 0.0488 e. The number of benzene rings is 1. The van der Waals surface area contributed by atoms with Crippen molar-refractivity contribution in [3.8, 4) is 0 Å². The standard InChI is InChI=1S/C13H16N2/c1-8-4-3-5-10-11-6-9(14-2)7-12(11)15-13(8)10/h3-5,9,14-15H,6-7H2,1-2H3. The van der Waals surface area contributed by atoms with Crippen molar-refractivity contribution < 1.29 is 0 Å². The van der Waals surface area contributed by atoms with Crippen LogP contribution in [0.3, 0.4) is 0 Å². The lowest BCUT2D eigenvalue weighted by atomic mass is 10.1. The topological polar surface area (TPSA) is 27.8 Å². The van der Waals surface area contributed by atoms with Crippen LogP contribution in [0.1, 0.15) is 16.8 Å². The molecule has 1 unspecified atom stereocenters. The molecule has 0 saturated carbocycles. The zero-order chi connectivity index (χ0) is 10.4. The number of H-pyrrole nitrogens is 1. The molecule has 0 bridgehead atoms. The molecule has 0 amide bonds. The number of aryl methyl sites for hydroxylation is 1. The van der Waals surface area contributed by atoms with Crippen LogP contribution in [-0.4, -0.2) is 18.1 Å². The predicted molar refractivity (Wildman–Crippen MR) is 63.3 cm³/mol. The first-order chi connectivity index (χ1) is 7.29. The third kappa shape index (κ3) is 1.21. The summed E-state index contributed by atoms with van der Waals surface area (Å²) >= 11 is 0. The van der Waals surface area contributed by atoms with Crippen LogP contribution in [0.2, 0.25) is 0 Å². The molecule has 1 aromatic heterocycles. The fourth-order valence-electron chi connectivity index (χ4n) is 2.65. The highest BCUT2D eigenvalue weighted by Crippen LogP contribution is 2.31. The van der Waals surface area contributed by atoms with Gasteiger partial charge in [-0.25, -0.2) is 0 Å². The molecule has 1 aliphatic carbocycles. The van der Waals surface area contributed by atoms with Gasteiger partial charge in [0, 0.05) is 29.1 Å². The molecule has 15 heavy (non-hydrogen) atoms. The van der Waals surface area contributed by atoms with Crippen LogP contribution in [0.5, 0.6) is 0 Å². The highest BCUT2D eigenvalue weighted by molar-refractivity contribution is 5.87. The Kier molecular flexibility index (Phi) is 1.86. The van der Waals surface area contributed by atoms with Crippen molar-refractivity contribution in [2.24, 2.45) is 0 Å². The zero-order valence-corrected chi connectivity index (χ0v) is 9.22. The van der Waals surface area contributed by atoms with Crippen LogP contribution in [0.25, 0.3) is 10.9 Å². The molecule has 0 aliphatic heterocycles. The lowest BCUT2D eigenvalue weighted by Gasteiger charge is -2.06. The molecule has 1 aromatic carbocycles. The van der Waals surface area contributed by atoms with E-state index in [0.717, 1.165) is 12.8 Å². The van der Waals surface area contributed by atoms with Crippen LogP contribution < -0.4 is 5.32 Å². The Bertz CT molecular complexity index is 510. The summed E-state index contributed by atoms with van der Waals surface area (Å²) in [5, 5.41) is 4.78. The minimum absolute atomic E-state index is 0.621. The molecular weight excluding hydrogens is 184 g/mol. The average Bonchev–Trinajstić information content (AvgIpc) is 2.76. The number of hydrogen-bond donors (Lipinski definition) is 2. The Morgan fingerprint density at radius 3 is 3.00 bits per heavy atom. The van der Waals surface area contributed by atoms with E-state index in [-0.39, 0.29) is 0 Å². The highest BCUT2D eigenvalue weighted by Gasteiger charge is 2.24. The molecule has 0 saturated heterocycles. The van der Waals surface area contributed by atoms with E-state index < -0.39 is 0 Å². The summed E-state index contributed by atoms with van der Waals surface area (Å²) in [6.45, 7) is 2.17. The van der Waals surface area contributed by atoms with Gasteiger partial charge in [-0.3, -0.25) is 0 Å². The Labute approximate surface area is 89.7 Å². The zero-order valence-electron chi connectivity index (χ0n) is 9.22. The summed E-state index contributed by atoms with van der Waals surface area (Å²) < 4.78 is 0. The van der Waals surface area contributed by atoms with Crippen molar-refractivity contribution in [1.29, 1.82) is 0 Å². The second kappa shape index (κ2) is 3.11. The molecule has 78 valence electrons. The van der Waals surface area contributed by atoms with Gasteiger partial charge in [0.25, 0.3) is 0 Å². The van der Waals surface area contributed by atoms with Crippen LogP contribution >= 0.6 is 0 Å². The van der Waals surface area contributed by atoms with E-state index in [1.807, 2.05) is 7.05 Å². The monoisotopic (exact) mass is 200 g/mol. The van der Waals surface area contributed by atoms with E-state index in [1.165, 1.54) is 27.7 Å². The van der Waals surface area contributed by atoms with Gasteiger partial charge in [0.2, 0.25) is 0 Å². The first-order valence-corrected chi connectivity index (χ1v) is 5.56. The predicted octanol–water partition coefficient (Wildman–Crippen LogP) is 2.16. The van der Waals surface area contributed by atoms with Crippen molar-refractivity contribution in [1.82, 2.24) is 10.3 Å². The van der Waals surface area contributed by atoms with E-state index in [9.17, 15) is 0 Å². The number of nitrogens with one attached hydrogen (secondary N) is 2. The summed E-state index contributed by atoms with van der Waals surface area (Å²) in [6.07, 6.45) is 2.30.